The topological polar surface area (TPSA) is 17.1 Å². The second kappa shape index (κ2) is 5.47. The van der Waals surface area contributed by atoms with Gasteiger partial charge in [0.15, 0.2) is 0 Å². The molecular weight excluding hydrogens is 263 g/mol. The first kappa shape index (κ1) is 11.6. The van der Waals surface area contributed by atoms with E-state index in [9.17, 15) is 4.79 Å². The Morgan fingerprint density at radius 2 is 1.88 bits per heavy atom. The van der Waals surface area contributed by atoms with Crippen molar-refractivity contribution in [2.24, 2.45) is 0 Å². The maximum absolute atomic E-state index is 11.6. The molecule has 1 aromatic rings. The van der Waals surface area contributed by atoms with Crippen LogP contribution < -0.4 is 0 Å². The average molecular weight is 279 g/mol. The van der Waals surface area contributed by atoms with Gasteiger partial charge in [-0.15, -0.1) is 0 Å². The van der Waals surface area contributed by atoms with E-state index >= 15 is 0 Å². The fourth-order valence-electron chi connectivity index (χ4n) is 1.73. The van der Waals surface area contributed by atoms with E-state index in [4.69, 9.17) is 0 Å². The molecule has 0 spiro atoms. The molecule has 0 saturated carbocycles. The van der Waals surface area contributed by atoms with E-state index in [1.165, 1.54) is 27.3 Å². The van der Waals surface area contributed by atoms with Crippen LogP contribution in [0.25, 0.3) is 4.47 Å². The molecule has 0 atom stereocenters. The van der Waals surface area contributed by atoms with Crippen molar-refractivity contribution in [1.82, 2.24) is 0 Å². The quantitative estimate of drug-likeness (QED) is 0.721. The summed E-state index contributed by atoms with van der Waals surface area (Å²) in [5.74, 6) is 0.303. The number of aryl methyl sites for hydroxylation is 1. The van der Waals surface area contributed by atoms with E-state index < -0.39 is 0 Å². The minimum absolute atomic E-state index is 0.303. The molecule has 1 aliphatic heterocycles. The van der Waals surface area contributed by atoms with Gasteiger partial charge in [0.25, 0.3) is 0 Å². The van der Waals surface area contributed by atoms with Crippen molar-refractivity contribution in [2.45, 2.75) is 31.5 Å². The van der Waals surface area contributed by atoms with Gasteiger partial charge in [-0.25, -0.2) is 0 Å². The van der Waals surface area contributed by atoms with E-state index in [0.717, 1.165) is 12.8 Å². The molecule has 0 aliphatic carbocycles. The molecule has 1 heterocycles. The molecule has 1 aliphatic rings. The zero-order chi connectivity index (χ0) is 11.4. The van der Waals surface area contributed by atoms with Crippen LogP contribution in [0.1, 0.15) is 30.4 Å². The van der Waals surface area contributed by atoms with Gasteiger partial charge < -0.3 is 0 Å². The summed E-state index contributed by atoms with van der Waals surface area (Å²) >= 11 is 0.464. The molecule has 2 heteroatoms. The molecule has 2 rings (SSSR count). The van der Waals surface area contributed by atoms with Crippen LogP contribution in [-0.2, 0) is 4.79 Å². The van der Waals surface area contributed by atoms with Gasteiger partial charge in [-0.3, -0.25) is 0 Å². The Morgan fingerprint density at radius 3 is 2.62 bits per heavy atom. The summed E-state index contributed by atoms with van der Waals surface area (Å²) in [6.07, 6.45) is 4.88. The number of allylic oxidation sites excluding steroid dienone is 1. The number of benzene rings is 1. The molecular formula is C14H16OSe. The molecule has 0 fully saturated rings. The number of rotatable bonds is 1. The van der Waals surface area contributed by atoms with Crippen LogP contribution in [0.3, 0.4) is 0 Å². The van der Waals surface area contributed by atoms with Crippen LogP contribution in [0.4, 0.5) is 0 Å². The molecule has 0 saturated heterocycles. The Kier molecular flexibility index (Phi) is 3.98. The molecule has 0 radical (unpaired) electrons. The zero-order valence-corrected chi connectivity index (χ0v) is 11.2. The van der Waals surface area contributed by atoms with Crippen molar-refractivity contribution in [3.05, 3.63) is 41.5 Å². The molecule has 0 amide bonds. The second-order valence-electron chi connectivity index (χ2n) is 4.15. The third-order valence-corrected chi connectivity index (χ3v) is 5.13. The van der Waals surface area contributed by atoms with E-state index in [1.807, 2.05) is 6.08 Å². The first-order chi connectivity index (χ1) is 7.75. The van der Waals surface area contributed by atoms with E-state index in [2.05, 4.69) is 31.2 Å². The normalized spacial score (nSPS) is 20.8. The van der Waals surface area contributed by atoms with Crippen LogP contribution in [0.15, 0.2) is 30.3 Å². The van der Waals surface area contributed by atoms with Gasteiger partial charge in [0.2, 0.25) is 0 Å². The molecule has 0 unspecified atom stereocenters. The van der Waals surface area contributed by atoms with Gasteiger partial charge in [0, 0.05) is 0 Å². The summed E-state index contributed by atoms with van der Waals surface area (Å²) in [7, 11) is 0. The third-order valence-electron chi connectivity index (χ3n) is 2.70. The zero-order valence-electron chi connectivity index (χ0n) is 9.53. The Bertz CT molecular complexity index is 403. The minimum atomic E-state index is 0.303. The first-order valence-corrected chi connectivity index (χ1v) is 7.77. The molecule has 0 N–H and O–H groups in total. The fourth-order valence-corrected chi connectivity index (χ4v) is 4.01. The van der Waals surface area contributed by atoms with Crippen molar-refractivity contribution in [3.63, 3.8) is 0 Å². The molecule has 1 aromatic carbocycles. The van der Waals surface area contributed by atoms with Gasteiger partial charge in [-0.1, -0.05) is 0 Å². The summed E-state index contributed by atoms with van der Waals surface area (Å²) in [6, 6.07) is 8.51. The molecule has 16 heavy (non-hydrogen) atoms. The van der Waals surface area contributed by atoms with Crippen LogP contribution in [0, 0.1) is 6.92 Å². The Labute approximate surface area is 103 Å². The van der Waals surface area contributed by atoms with Crippen molar-refractivity contribution >= 4 is 25.2 Å². The van der Waals surface area contributed by atoms with E-state index in [1.54, 1.807) is 0 Å². The Hall–Kier alpha value is -0.851. The Morgan fingerprint density at radius 1 is 1.12 bits per heavy atom. The van der Waals surface area contributed by atoms with Gasteiger partial charge in [0.1, 0.15) is 0 Å². The number of ketones is 1. The number of hydrogen-bond donors (Lipinski definition) is 0. The number of carbonyl (C=O) groups excluding carboxylic acids is 1. The van der Waals surface area contributed by atoms with Crippen molar-refractivity contribution in [3.8, 4) is 0 Å². The van der Waals surface area contributed by atoms with Gasteiger partial charge in [-0.2, -0.15) is 0 Å². The number of hydrogen-bond acceptors (Lipinski definition) is 1. The fraction of sp³-hybridized carbons (Fsp3) is 0.357. The van der Waals surface area contributed by atoms with Gasteiger partial charge in [-0.05, 0) is 0 Å². The van der Waals surface area contributed by atoms with E-state index in [0.29, 0.717) is 20.7 Å². The van der Waals surface area contributed by atoms with Crippen LogP contribution in [-0.4, -0.2) is 20.7 Å². The monoisotopic (exact) mass is 280 g/mol. The third kappa shape index (κ3) is 3.07. The molecule has 0 bridgehead atoms. The van der Waals surface area contributed by atoms with Crippen LogP contribution in [0.2, 0.25) is 5.32 Å². The van der Waals surface area contributed by atoms with Crippen molar-refractivity contribution in [2.75, 3.05) is 0 Å². The SMILES string of the molecule is Cc1ccc(/C2=C/C(=O)CCCC[Se]2)cc1. The predicted molar refractivity (Wildman–Crippen MR) is 68.6 cm³/mol. The summed E-state index contributed by atoms with van der Waals surface area (Å²) < 4.78 is 1.28. The summed E-state index contributed by atoms with van der Waals surface area (Å²) in [6.45, 7) is 2.09. The second-order valence-corrected chi connectivity index (χ2v) is 6.53. The van der Waals surface area contributed by atoms with Crippen molar-refractivity contribution < 1.29 is 4.79 Å². The maximum atomic E-state index is 11.6. The first-order valence-electron chi connectivity index (χ1n) is 5.70. The standard InChI is InChI=1S/C14H16OSe/c1-11-5-7-12(8-6-11)14-10-13(15)4-2-3-9-16-14/h5-8,10H,2-4,9H2,1H3/b14-10-. The molecule has 0 aromatic heterocycles. The summed E-state index contributed by atoms with van der Waals surface area (Å²) in [5.41, 5.74) is 2.51. The van der Waals surface area contributed by atoms with Gasteiger partial charge in [0.05, 0.1) is 0 Å². The molecule has 84 valence electrons. The van der Waals surface area contributed by atoms with Crippen molar-refractivity contribution in [1.29, 1.82) is 0 Å². The van der Waals surface area contributed by atoms with Crippen LogP contribution >= 0.6 is 0 Å². The van der Waals surface area contributed by atoms with Gasteiger partial charge >= 0.3 is 103 Å². The summed E-state index contributed by atoms with van der Waals surface area (Å²) in [4.78, 5) is 11.6. The Balaban J connectivity index is 2.26. The predicted octanol–water partition coefficient (Wildman–Crippen LogP) is 3.21. The van der Waals surface area contributed by atoms with Crippen LogP contribution in [0.5, 0.6) is 0 Å². The van der Waals surface area contributed by atoms with E-state index in [-0.39, 0.29) is 0 Å². The average Bonchev–Trinajstić information content (AvgIpc) is 2.24. The number of carbonyl (C=O) groups is 1. The molecule has 1 nitrogen and oxygen atoms in total. The summed E-state index contributed by atoms with van der Waals surface area (Å²) in [5, 5.41) is 1.26.